The number of ether oxygens (including phenoxy) is 3. The van der Waals surface area contributed by atoms with Crippen molar-refractivity contribution in [1.29, 1.82) is 0 Å². The summed E-state index contributed by atoms with van der Waals surface area (Å²) in [6.07, 6.45) is 0.980. The summed E-state index contributed by atoms with van der Waals surface area (Å²) in [6.45, 7) is 18.0. The van der Waals surface area contributed by atoms with Crippen LogP contribution in [0.15, 0.2) is 48.5 Å². The Kier molecular flexibility index (Phi) is 9.61. The summed E-state index contributed by atoms with van der Waals surface area (Å²) >= 11 is 0. The number of aromatic nitrogens is 1. The minimum Gasteiger partial charge on any atom is -0.486 e. The van der Waals surface area contributed by atoms with Crippen LogP contribution in [0.3, 0.4) is 0 Å². The summed E-state index contributed by atoms with van der Waals surface area (Å²) in [6, 6.07) is 14.7. The van der Waals surface area contributed by atoms with Gasteiger partial charge in [-0.2, -0.15) is 0 Å². The highest BCUT2D eigenvalue weighted by Gasteiger charge is 2.37. The third kappa shape index (κ3) is 7.49. The quantitative estimate of drug-likeness (QED) is 0.240. The summed E-state index contributed by atoms with van der Waals surface area (Å²) < 4.78 is 33.3. The van der Waals surface area contributed by atoms with Crippen LogP contribution in [0.5, 0.6) is 5.75 Å². The number of rotatable bonds is 9. The number of aryl methyl sites for hydroxylation is 2. The van der Waals surface area contributed by atoms with Crippen LogP contribution >= 0.6 is 0 Å². The zero-order valence-electron chi connectivity index (χ0n) is 26.3. The predicted octanol–water partition coefficient (Wildman–Crippen LogP) is 8.13. The van der Waals surface area contributed by atoms with Crippen molar-refractivity contribution in [3.63, 3.8) is 0 Å². The van der Waals surface area contributed by atoms with Crippen LogP contribution in [-0.4, -0.2) is 36.3 Å². The third-order valence-electron chi connectivity index (χ3n) is 7.70. The fourth-order valence-electron chi connectivity index (χ4n) is 5.47. The van der Waals surface area contributed by atoms with E-state index in [0.29, 0.717) is 16.8 Å². The standard InChI is InChI=1S/C35H45FN2O4/c1-9-40-33(39)32(42-34(4,5)6)30-24(3)37-23(2)29(31(30)38-19-17-35(7,8)18-20-38)26-15-16-28(27(36)21-26)41-22-25-13-11-10-12-14-25/h10-16,21,32H,9,17-20,22H2,1-8H3. The molecule has 1 fully saturated rings. The van der Waals surface area contributed by atoms with Crippen molar-refractivity contribution >= 4 is 11.7 Å². The van der Waals surface area contributed by atoms with E-state index in [0.717, 1.165) is 48.4 Å². The van der Waals surface area contributed by atoms with E-state index in [1.165, 1.54) is 6.07 Å². The second-order valence-corrected chi connectivity index (χ2v) is 12.9. The number of hydrogen-bond acceptors (Lipinski definition) is 6. The molecule has 7 heteroatoms. The average molecular weight is 577 g/mol. The Balaban J connectivity index is 1.86. The molecule has 0 amide bonds. The molecule has 4 rings (SSSR count). The topological polar surface area (TPSA) is 60.9 Å². The Morgan fingerprint density at radius 2 is 1.71 bits per heavy atom. The van der Waals surface area contributed by atoms with Crippen molar-refractivity contribution in [2.24, 2.45) is 5.41 Å². The van der Waals surface area contributed by atoms with Crippen LogP contribution in [0.1, 0.15) is 83.0 Å². The normalized spacial score (nSPS) is 15.8. The summed E-state index contributed by atoms with van der Waals surface area (Å²) in [5.41, 5.74) is 4.99. The van der Waals surface area contributed by atoms with Crippen LogP contribution in [-0.2, 0) is 20.9 Å². The molecular formula is C35H45FN2O4. The van der Waals surface area contributed by atoms with Gasteiger partial charge in [0.2, 0.25) is 0 Å². The fourth-order valence-corrected chi connectivity index (χ4v) is 5.47. The molecule has 0 radical (unpaired) electrons. The molecule has 3 aromatic rings. The summed E-state index contributed by atoms with van der Waals surface area (Å²) in [4.78, 5) is 20.7. The van der Waals surface area contributed by atoms with Crippen LogP contribution in [0.25, 0.3) is 11.1 Å². The second kappa shape index (κ2) is 12.8. The number of pyridine rings is 1. The Morgan fingerprint density at radius 3 is 2.31 bits per heavy atom. The van der Waals surface area contributed by atoms with Gasteiger partial charge in [-0.05, 0) is 83.1 Å². The molecule has 2 heterocycles. The summed E-state index contributed by atoms with van der Waals surface area (Å²) in [5, 5.41) is 0. The van der Waals surface area contributed by atoms with E-state index in [9.17, 15) is 4.79 Å². The maximum Gasteiger partial charge on any atom is 0.340 e. The van der Waals surface area contributed by atoms with Gasteiger partial charge in [0.25, 0.3) is 0 Å². The zero-order valence-corrected chi connectivity index (χ0v) is 26.3. The first kappa shape index (κ1) is 31.5. The van der Waals surface area contributed by atoms with E-state index in [2.05, 4.69) is 18.7 Å². The molecule has 42 heavy (non-hydrogen) atoms. The predicted molar refractivity (Wildman–Crippen MR) is 165 cm³/mol. The van der Waals surface area contributed by atoms with E-state index < -0.39 is 23.5 Å². The number of halogens is 1. The number of esters is 1. The Bertz CT molecular complexity index is 1390. The van der Waals surface area contributed by atoms with Crippen LogP contribution in [0.4, 0.5) is 10.1 Å². The SMILES string of the molecule is CCOC(=O)C(OC(C)(C)C)c1c(C)nc(C)c(-c2ccc(OCc3ccccc3)c(F)c2)c1N1CCC(C)(C)CC1. The number of hydrogen-bond donors (Lipinski definition) is 0. The van der Waals surface area contributed by atoms with Gasteiger partial charge in [0.1, 0.15) is 6.61 Å². The molecule has 1 unspecified atom stereocenters. The Labute approximate surface area is 250 Å². The molecule has 0 aliphatic carbocycles. The highest BCUT2D eigenvalue weighted by molar-refractivity contribution is 5.88. The van der Waals surface area contributed by atoms with Crippen LogP contribution in [0, 0.1) is 25.1 Å². The molecule has 1 saturated heterocycles. The molecular weight excluding hydrogens is 531 g/mol. The number of benzene rings is 2. The molecule has 0 N–H and O–H groups in total. The number of anilines is 1. The second-order valence-electron chi connectivity index (χ2n) is 12.9. The molecule has 1 aliphatic heterocycles. The van der Waals surface area contributed by atoms with Gasteiger partial charge in [-0.3, -0.25) is 4.98 Å². The van der Waals surface area contributed by atoms with E-state index in [-0.39, 0.29) is 24.4 Å². The minimum atomic E-state index is -0.986. The van der Waals surface area contributed by atoms with Gasteiger partial charge in [-0.15, -0.1) is 0 Å². The summed E-state index contributed by atoms with van der Waals surface area (Å²) in [7, 11) is 0. The van der Waals surface area contributed by atoms with Crippen molar-refractivity contribution in [1.82, 2.24) is 4.98 Å². The molecule has 0 bridgehead atoms. The molecule has 6 nitrogen and oxygen atoms in total. The number of nitrogens with zero attached hydrogens (tertiary/aromatic N) is 2. The van der Waals surface area contributed by atoms with E-state index >= 15 is 4.39 Å². The van der Waals surface area contributed by atoms with Crippen molar-refractivity contribution in [3.8, 4) is 16.9 Å². The first-order valence-electron chi connectivity index (χ1n) is 14.9. The average Bonchev–Trinajstić information content (AvgIpc) is 2.91. The molecule has 1 aliphatic rings. The van der Waals surface area contributed by atoms with Gasteiger partial charge >= 0.3 is 5.97 Å². The van der Waals surface area contributed by atoms with Gasteiger partial charge in [0, 0.05) is 35.6 Å². The Hall–Kier alpha value is -3.45. The highest BCUT2D eigenvalue weighted by Crippen LogP contribution is 2.45. The molecule has 2 aromatic carbocycles. The Morgan fingerprint density at radius 1 is 1.05 bits per heavy atom. The fraction of sp³-hybridized carbons (Fsp3) is 0.486. The number of carbonyl (C=O) groups is 1. The molecule has 1 atom stereocenters. The molecule has 1 aromatic heterocycles. The van der Waals surface area contributed by atoms with E-state index in [1.54, 1.807) is 13.0 Å². The van der Waals surface area contributed by atoms with E-state index in [4.69, 9.17) is 19.2 Å². The van der Waals surface area contributed by atoms with Crippen molar-refractivity contribution < 1.29 is 23.4 Å². The van der Waals surface area contributed by atoms with Gasteiger partial charge in [0.05, 0.1) is 17.9 Å². The maximum atomic E-state index is 15.6. The van der Waals surface area contributed by atoms with Gasteiger partial charge in [-0.1, -0.05) is 50.2 Å². The van der Waals surface area contributed by atoms with Crippen molar-refractivity contribution in [2.75, 3.05) is 24.6 Å². The number of piperidine rings is 1. The minimum absolute atomic E-state index is 0.183. The van der Waals surface area contributed by atoms with Crippen molar-refractivity contribution in [3.05, 3.63) is 76.9 Å². The first-order valence-corrected chi connectivity index (χ1v) is 14.9. The lowest BCUT2D eigenvalue weighted by Gasteiger charge is -2.41. The largest absolute Gasteiger partial charge is 0.486 e. The third-order valence-corrected chi connectivity index (χ3v) is 7.70. The van der Waals surface area contributed by atoms with Crippen LogP contribution in [0.2, 0.25) is 0 Å². The molecule has 226 valence electrons. The van der Waals surface area contributed by atoms with E-state index in [1.807, 2.05) is 71.0 Å². The van der Waals surface area contributed by atoms with Gasteiger partial charge in [0.15, 0.2) is 17.7 Å². The molecule has 0 spiro atoms. The first-order chi connectivity index (χ1) is 19.8. The van der Waals surface area contributed by atoms with Gasteiger partial charge in [-0.25, -0.2) is 9.18 Å². The lowest BCUT2D eigenvalue weighted by molar-refractivity contribution is -0.166. The lowest BCUT2D eigenvalue weighted by atomic mass is 9.81. The monoisotopic (exact) mass is 576 g/mol. The number of carbonyl (C=O) groups excluding carboxylic acids is 1. The maximum absolute atomic E-state index is 15.6. The summed E-state index contributed by atoms with van der Waals surface area (Å²) in [5.74, 6) is -0.729. The molecule has 0 saturated carbocycles. The van der Waals surface area contributed by atoms with Gasteiger partial charge < -0.3 is 19.1 Å². The highest BCUT2D eigenvalue weighted by atomic mass is 19.1. The zero-order chi connectivity index (χ0) is 30.7. The smallest absolute Gasteiger partial charge is 0.340 e. The van der Waals surface area contributed by atoms with Crippen LogP contribution < -0.4 is 9.64 Å². The lowest BCUT2D eigenvalue weighted by Crippen LogP contribution is -2.39. The van der Waals surface area contributed by atoms with Crippen molar-refractivity contribution in [2.45, 2.75) is 86.5 Å².